The van der Waals surface area contributed by atoms with E-state index in [9.17, 15) is 14.7 Å². The van der Waals surface area contributed by atoms with Crippen molar-refractivity contribution in [3.05, 3.63) is 5.01 Å². The topological polar surface area (TPSA) is 104 Å². The Bertz CT molecular complexity index is 485. The van der Waals surface area contributed by atoms with Gasteiger partial charge in [-0.2, -0.15) is 0 Å². The van der Waals surface area contributed by atoms with Gasteiger partial charge in [-0.25, -0.2) is 9.59 Å². The Morgan fingerprint density at radius 1 is 1.30 bits per heavy atom. The molecule has 1 saturated carbocycles. The summed E-state index contributed by atoms with van der Waals surface area (Å²) in [4.78, 5) is 23.2. The van der Waals surface area contributed by atoms with Crippen LogP contribution in [-0.2, 0) is 4.79 Å². The van der Waals surface area contributed by atoms with Gasteiger partial charge in [-0.1, -0.05) is 30.6 Å². The third kappa shape index (κ3) is 3.89. The number of anilines is 1. The second-order valence-electron chi connectivity index (χ2n) is 4.94. The number of hydrogen-bond acceptors (Lipinski definition) is 5. The number of nitrogens with zero attached hydrogens (tertiary/aromatic N) is 2. The third-order valence-electron chi connectivity index (χ3n) is 3.42. The van der Waals surface area contributed by atoms with Crippen LogP contribution < -0.4 is 10.6 Å². The number of aromatic nitrogens is 2. The molecule has 3 N–H and O–H groups in total. The van der Waals surface area contributed by atoms with Crippen molar-refractivity contribution in [2.45, 2.75) is 45.1 Å². The first kappa shape index (κ1) is 14.7. The van der Waals surface area contributed by atoms with Gasteiger partial charge in [0.2, 0.25) is 5.13 Å². The zero-order chi connectivity index (χ0) is 14.5. The molecule has 1 aromatic rings. The highest BCUT2D eigenvalue weighted by atomic mass is 32.1. The van der Waals surface area contributed by atoms with Gasteiger partial charge in [0.1, 0.15) is 11.0 Å². The van der Waals surface area contributed by atoms with E-state index >= 15 is 0 Å². The summed E-state index contributed by atoms with van der Waals surface area (Å²) in [6.45, 7) is 1.78. The van der Waals surface area contributed by atoms with E-state index in [1.54, 1.807) is 6.92 Å². The van der Waals surface area contributed by atoms with Crippen LogP contribution in [0.5, 0.6) is 0 Å². The molecule has 1 aliphatic rings. The average molecular weight is 298 g/mol. The van der Waals surface area contributed by atoms with Crippen LogP contribution >= 0.6 is 11.3 Å². The van der Waals surface area contributed by atoms with Crippen molar-refractivity contribution >= 4 is 28.5 Å². The first-order chi connectivity index (χ1) is 9.56. The molecule has 0 radical (unpaired) electrons. The number of carboxylic acids is 1. The number of carboxylic acid groups (broad SMARTS) is 1. The molecule has 8 heteroatoms. The second kappa shape index (κ2) is 6.65. The predicted molar refractivity (Wildman–Crippen MR) is 74.8 cm³/mol. The molecule has 1 unspecified atom stereocenters. The van der Waals surface area contributed by atoms with Gasteiger partial charge in [0.25, 0.3) is 0 Å². The van der Waals surface area contributed by atoms with Gasteiger partial charge in [0, 0.05) is 0 Å². The quantitative estimate of drug-likeness (QED) is 0.788. The summed E-state index contributed by atoms with van der Waals surface area (Å²) in [6.07, 6.45) is 4.87. The standard InChI is InChI=1S/C12H18N4O3S/c1-7-15-16-12(20-7)14-11(19)13-9(10(17)18)8-5-3-2-4-6-8/h8-9H,2-6H2,1H3,(H,17,18)(H2,13,14,16,19). The molecule has 1 heterocycles. The largest absolute Gasteiger partial charge is 0.480 e. The average Bonchev–Trinajstić information content (AvgIpc) is 2.82. The number of rotatable bonds is 4. The molecular weight excluding hydrogens is 280 g/mol. The molecule has 1 aromatic heterocycles. The van der Waals surface area contributed by atoms with Gasteiger partial charge in [0.15, 0.2) is 0 Å². The fraction of sp³-hybridized carbons (Fsp3) is 0.667. The van der Waals surface area contributed by atoms with E-state index < -0.39 is 18.0 Å². The van der Waals surface area contributed by atoms with E-state index in [1.165, 1.54) is 11.3 Å². The fourth-order valence-corrected chi connectivity index (χ4v) is 3.06. The monoisotopic (exact) mass is 298 g/mol. The Balaban J connectivity index is 1.93. The molecule has 110 valence electrons. The Hall–Kier alpha value is -1.70. The highest BCUT2D eigenvalue weighted by Gasteiger charge is 2.30. The van der Waals surface area contributed by atoms with Crippen LogP contribution in [0, 0.1) is 12.8 Å². The number of aryl methyl sites for hydroxylation is 1. The number of amides is 2. The summed E-state index contributed by atoms with van der Waals surface area (Å²) in [5.41, 5.74) is 0. The van der Waals surface area contributed by atoms with Crippen molar-refractivity contribution in [2.75, 3.05) is 5.32 Å². The highest BCUT2D eigenvalue weighted by molar-refractivity contribution is 7.15. The highest BCUT2D eigenvalue weighted by Crippen LogP contribution is 2.26. The zero-order valence-corrected chi connectivity index (χ0v) is 12.1. The van der Waals surface area contributed by atoms with Crippen molar-refractivity contribution < 1.29 is 14.7 Å². The molecule has 0 spiro atoms. The summed E-state index contributed by atoms with van der Waals surface area (Å²) in [5, 5.41) is 23.0. The first-order valence-corrected chi connectivity index (χ1v) is 7.48. The minimum atomic E-state index is -0.986. The van der Waals surface area contributed by atoms with Crippen molar-refractivity contribution in [3.8, 4) is 0 Å². The molecule has 1 aliphatic carbocycles. The molecule has 7 nitrogen and oxygen atoms in total. The van der Waals surface area contributed by atoms with Crippen molar-refractivity contribution in [3.63, 3.8) is 0 Å². The lowest BCUT2D eigenvalue weighted by molar-refractivity contribution is -0.141. The van der Waals surface area contributed by atoms with E-state index in [0.717, 1.165) is 37.1 Å². The zero-order valence-electron chi connectivity index (χ0n) is 11.3. The molecule has 1 atom stereocenters. The summed E-state index contributed by atoms with van der Waals surface area (Å²) in [5.74, 6) is -0.983. The number of aliphatic carboxylic acids is 1. The number of urea groups is 1. The maximum atomic E-state index is 11.8. The van der Waals surface area contributed by atoms with E-state index in [2.05, 4.69) is 20.8 Å². The van der Waals surface area contributed by atoms with Gasteiger partial charge in [0.05, 0.1) is 0 Å². The van der Waals surface area contributed by atoms with Crippen molar-refractivity contribution in [1.82, 2.24) is 15.5 Å². The first-order valence-electron chi connectivity index (χ1n) is 6.66. The molecule has 2 amide bonds. The Labute approximate surface area is 120 Å². The number of hydrogen-bond donors (Lipinski definition) is 3. The van der Waals surface area contributed by atoms with Gasteiger partial charge >= 0.3 is 12.0 Å². The van der Waals surface area contributed by atoms with Crippen LogP contribution in [0.4, 0.5) is 9.93 Å². The number of carbonyl (C=O) groups excluding carboxylic acids is 1. The van der Waals surface area contributed by atoms with E-state index in [0.29, 0.717) is 5.13 Å². The molecule has 1 fully saturated rings. The maximum absolute atomic E-state index is 11.8. The van der Waals surface area contributed by atoms with Crippen LogP contribution in [0.1, 0.15) is 37.1 Å². The van der Waals surface area contributed by atoms with Crippen molar-refractivity contribution in [1.29, 1.82) is 0 Å². The minimum absolute atomic E-state index is 0.00292. The molecule has 0 aliphatic heterocycles. The maximum Gasteiger partial charge on any atom is 0.326 e. The Kier molecular flexibility index (Phi) is 4.89. The summed E-state index contributed by atoms with van der Waals surface area (Å²) in [7, 11) is 0. The third-order valence-corrected chi connectivity index (χ3v) is 4.17. The van der Waals surface area contributed by atoms with Gasteiger partial charge in [-0.15, -0.1) is 10.2 Å². The lowest BCUT2D eigenvalue weighted by Gasteiger charge is -2.27. The van der Waals surface area contributed by atoms with Gasteiger partial charge < -0.3 is 10.4 Å². The molecular formula is C12H18N4O3S. The normalized spacial score (nSPS) is 17.4. The van der Waals surface area contributed by atoms with Crippen LogP contribution in [-0.4, -0.2) is 33.3 Å². The number of carbonyl (C=O) groups is 2. The predicted octanol–water partition coefficient (Wildman–Crippen LogP) is 2.00. The second-order valence-corrected chi connectivity index (χ2v) is 6.12. The summed E-state index contributed by atoms with van der Waals surface area (Å²) in [6, 6.07) is -1.39. The van der Waals surface area contributed by atoms with Crippen LogP contribution in [0.15, 0.2) is 0 Å². The molecule has 2 rings (SSSR count). The minimum Gasteiger partial charge on any atom is -0.480 e. The van der Waals surface area contributed by atoms with Gasteiger partial charge in [-0.3, -0.25) is 5.32 Å². The Morgan fingerprint density at radius 3 is 2.55 bits per heavy atom. The van der Waals surface area contributed by atoms with Crippen LogP contribution in [0.2, 0.25) is 0 Å². The van der Waals surface area contributed by atoms with Gasteiger partial charge in [-0.05, 0) is 25.7 Å². The van der Waals surface area contributed by atoms with Crippen molar-refractivity contribution in [2.24, 2.45) is 5.92 Å². The fourth-order valence-electron chi connectivity index (χ4n) is 2.47. The van der Waals surface area contributed by atoms with Crippen LogP contribution in [0.3, 0.4) is 0 Å². The SMILES string of the molecule is Cc1nnc(NC(=O)NC(C(=O)O)C2CCCCC2)s1. The lowest BCUT2D eigenvalue weighted by atomic mass is 9.84. The lowest BCUT2D eigenvalue weighted by Crippen LogP contribution is -2.48. The molecule has 0 bridgehead atoms. The Morgan fingerprint density at radius 2 is 2.00 bits per heavy atom. The molecule has 0 saturated heterocycles. The summed E-state index contributed by atoms with van der Waals surface area (Å²) < 4.78 is 0. The smallest absolute Gasteiger partial charge is 0.326 e. The summed E-state index contributed by atoms with van der Waals surface area (Å²) >= 11 is 1.25. The van der Waals surface area contributed by atoms with Crippen LogP contribution in [0.25, 0.3) is 0 Å². The van der Waals surface area contributed by atoms with E-state index in [4.69, 9.17) is 0 Å². The van der Waals surface area contributed by atoms with E-state index in [1.807, 2.05) is 0 Å². The number of nitrogens with one attached hydrogen (secondary N) is 2. The molecule has 0 aromatic carbocycles. The molecule has 20 heavy (non-hydrogen) atoms. The van der Waals surface area contributed by atoms with E-state index in [-0.39, 0.29) is 5.92 Å².